The summed E-state index contributed by atoms with van der Waals surface area (Å²) in [5.41, 5.74) is 4.23. The van der Waals surface area contributed by atoms with Gasteiger partial charge in [-0.3, -0.25) is 9.69 Å². The number of thioether (sulfide) groups is 1. The predicted octanol–water partition coefficient (Wildman–Crippen LogP) is 4.44. The number of aromatic nitrogens is 2. The number of aromatic amines is 1. The summed E-state index contributed by atoms with van der Waals surface area (Å²) in [7, 11) is 0. The monoisotopic (exact) mass is 394 g/mol. The molecule has 146 valence electrons. The smallest absolute Gasteiger partial charge is 0.227 e. The molecule has 1 fully saturated rings. The van der Waals surface area contributed by atoms with Crippen LogP contribution in [0.4, 0.5) is 5.69 Å². The van der Waals surface area contributed by atoms with Gasteiger partial charge in [0.05, 0.1) is 17.6 Å². The van der Waals surface area contributed by atoms with Gasteiger partial charge in [0.1, 0.15) is 5.82 Å². The normalized spacial score (nSPS) is 15.8. The molecular formula is C22H26N4OS. The highest BCUT2D eigenvalue weighted by Gasteiger charge is 2.25. The number of anilines is 1. The molecule has 0 unspecified atom stereocenters. The molecule has 1 aliphatic heterocycles. The number of carbonyl (C=O) groups is 1. The number of H-pyrrole nitrogens is 1. The molecule has 2 N–H and O–H groups in total. The van der Waals surface area contributed by atoms with E-state index in [0.717, 1.165) is 59.9 Å². The summed E-state index contributed by atoms with van der Waals surface area (Å²) in [5, 5.41) is 3.08. The molecule has 1 aromatic heterocycles. The van der Waals surface area contributed by atoms with Gasteiger partial charge in [0.15, 0.2) is 0 Å². The van der Waals surface area contributed by atoms with E-state index in [1.807, 2.05) is 24.5 Å². The van der Waals surface area contributed by atoms with Crippen molar-refractivity contribution in [3.8, 4) is 0 Å². The van der Waals surface area contributed by atoms with Crippen molar-refractivity contribution in [3.05, 3.63) is 53.9 Å². The molecule has 3 aromatic rings. The summed E-state index contributed by atoms with van der Waals surface area (Å²) in [6.45, 7) is 4.73. The quantitative estimate of drug-likeness (QED) is 0.628. The van der Waals surface area contributed by atoms with E-state index in [2.05, 4.69) is 46.4 Å². The molecule has 1 amide bonds. The first-order valence-electron chi connectivity index (χ1n) is 9.73. The van der Waals surface area contributed by atoms with Crippen molar-refractivity contribution in [2.24, 2.45) is 5.92 Å². The second-order valence-corrected chi connectivity index (χ2v) is 8.36. The van der Waals surface area contributed by atoms with Crippen LogP contribution in [0.15, 0.2) is 47.4 Å². The van der Waals surface area contributed by atoms with Crippen LogP contribution in [0, 0.1) is 12.8 Å². The van der Waals surface area contributed by atoms with Crippen molar-refractivity contribution in [3.63, 3.8) is 0 Å². The lowest BCUT2D eigenvalue weighted by molar-refractivity contribution is -0.121. The number of rotatable bonds is 5. The molecule has 1 saturated heterocycles. The minimum absolute atomic E-state index is 0.0764. The summed E-state index contributed by atoms with van der Waals surface area (Å²) in [4.78, 5) is 24.3. The SMILES string of the molecule is CSc1cccc(NC(=O)C2CCN(Cc3nc4ccc(C)cc4[nH]3)CC2)c1. The molecule has 0 radical (unpaired) electrons. The van der Waals surface area contributed by atoms with E-state index < -0.39 is 0 Å². The van der Waals surface area contributed by atoms with Gasteiger partial charge in [-0.1, -0.05) is 12.1 Å². The summed E-state index contributed by atoms with van der Waals surface area (Å²) < 4.78 is 0. The largest absolute Gasteiger partial charge is 0.341 e. The average molecular weight is 395 g/mol. The van der Waals surface area contributed by atoms with Gasteiger partial charge >= 0.3 is 0 Å². The summed E-state index contributed by atoms with van der Waals surface area (Å²) in [6, 6.07) is 14.3. The van der Waals surface area contributed by atoms with Crippen LogP contribution >= 0.6 is 11.8 Å². The number of likely N-dealkylation sites (tertiary alicyclic amines) is 1. The zero-order valence-corrected chi connectivity index (χ0v) is 17.2. The van der Waals surface area contributed by atoms with Crippen LogP contribution in [-0.2, 0) is 11.3 Å². The molecule has 0 spiro atoms. The van der Waals surface area contributed by atoms with E-state index in [-0.39, 0.29) is 11.8 Å². The van der Waals surface area contributed by atoms with Gasteiger partial charge < -0.3 is 10.3 Å². The molecule has 1 aliphatic rings. The van der Waals surface area contributed by atoms with Crippen LogP contribution in [0.25, 0.3) is 11.0 Å². The number of amides is 1. The van der Waals surface area contributed by atoms with E-state index in [4.69, 9.17) is 4.98 Å². The molecule has 4 rings (SSSR count). The van der Waals surface area contributed by atoms with Crippen LogP contribution in [0.2, 0.25) is 0 Å². The molecule has 0 bridgehead atoms. The number of nitrogens with one attached hydrogen (secondary N) is 2. The number of imidazole rings is 1. The van der Waals surface area contributed by atoms with Gasteiger partial charge in [-0.15, -0.1) is 11.8 Å². The highest BCUT2D eigenvalue weighted by molar-refractivity contribution is 7.98. The Hall–Kier alpha value is -2.31. The Morgan fingerprint density at radius 1 is 1.25 bits per heavy atom. The Kier molecular flexibility index (Phi) is 5.69. The van der Waals surface area contributed by atoms with Crippen LogP contribution < -0.4 is 5.32 Å². The number of carbonyl (C=O) groups excluding carboxylic acids is 1. The first-order valence-corrected chi connectivity index (χ1v) is 11.0. The summed E-state index contributed by atoms with van der Waals surface area (Å²) in [5.74, 6) is 1.21. The highest BCUT2D eigenvalue weighted by Crippen LogP contribution is 2.23. The van der Waals surface area contributed by atoms with Crippen LogP contribution in [0.1, 0.15) is 24.2 Å². The molecule has 0 atom stereocenters. The Labute approximate surface area is 169 Å². The van der Waals surface area contributed by atoms with Crippen molar-refractivity contribution in [2.75, 3.05) is 24.7 Å². The molecule has 0 aliphatic carbocycles. The summed E-state index contributed by atoms with van der Waals surface area (Å²) in [6.07, 6.45) is 3.81. The molecular weight excluding hydrogens is 368 g/mol. The van der Waals surface area contributed by atoms with Gasteiger partial charge in [-0.25, -0.2) is 4.98 Å². The Balaban J connectivity index is 1.31. The van der Waals surface area contributed by atoms with E-state index in [9.17, 15) is 4.79 Å². The standard InChI is InChI=1S/C22H26N4OS/c1-15-6-7-19-20(12-15)25-21(24-19)14-26-10-8-16(9-11-26)22(27)23-17-4-3-5-18(13-17)28-2/h3-7,12-13,16H,8-11,14H2,1-2H3,(H,23,27)(H,24,25). The second kappa shape index (κ2) is 8.37. The number of aryl methyl sites for hydroxylation is 1. The Morgan fingerprint density at radius 3 is 2.86 bits per heavy atom. The van der Waals surface area contributed by atoms with Crippen molar-refractivity contribution in [1.29, 1.82) is 0 Å². The van der Waals surface area contributed by atoms with E-state index in [1.165, 1.54) is 5.56 Å². The molecule has 28 heavy (non-hydrogen) atoms. The number of benzene rings is 2. The third kappa shape index (κ3) is 4.39. The van der Waals surface area contributed by atoms with Crippen molar-refractivity contribution < 1.29 is 4.79 Å². The average Bonchev–Trinajstić information content (AvgIpc) is 3.10. The third-order valence-electron chi connectivity index (χ3n) is 5.36. The van der Waals surface area contributed by atoms with Gasteiger partial charge in [0, 0.05) is 16.5 Å². The number of hydrogen-bond donors (Lipinski definition) is 2. The maximum atomic E-state index is 12.6. The minimum Gasteiger partial charge on any atom is -0.341 e. The number of nitrogens with zero attached hydrogens (tertiary/aromatic N) is 2. The first-order chi connectivity index (χ1) is 13.6. The van der Waals surface area contributed by atoms with E-state index in [1.54, 1.807) is 11.8 Å². The molecule has 6 heteroatoms. The van der Waals surface area contributed by atoms with Crippen molar-refractivity contribution in [1.82, 2.24) is 14.9 Å². The molecule has 2 aromatic carbocycles. The van der Waals surface area contributed by atoms with Crippen LogP contribution in [-0.4, -0.2) is 40.1 Å². The lowest BCUT2D eigenvalue weighted by Crippen LogP contribution is -2.38. The van der Waals surface area contributed by atoms with E-state index in [0.29, 0.717) is 0 Å². The lowest BCUT2D eigenvalue weighted by Gasteiger charge is -2.30. The highest BCUT2D eigenvalue weighted by atomic mass is 32.2. The van der Waals surface area contributed by atoms with E-state index >= 15 is 0 Å². The lowest BCUT2D eigenvalue weighted by atomic mass is 9.96. The number of fused-ring (bicyclic) bond motifs is 1. The van der Waals surface area contributed by atoms with Gasteiger partial charge in [-0.2, -0.15) is 0 Å². The van der Waals surface area contributed by atoms with Crippen LogP contribution in [0.3, 0.4) is 0 Å². The zero-order chi connectivity index (χ0) is 19.5. The third-order valence-corrected chi connectivity index (χ3v) is 6.08. The summed E-state index contributed by atoms with van der Waals surface area (Å²) >= 11 is 1.68. The first kappa shape index (κ1) is 19.0. The van der Waals surface area contributed by atoms with Gasteiger partial charge in [0.2, 0.25) is 5.91 Å². The fourth-order valence-corrected chi connectivity index (χ4v) is 4.22. The van der Waals surface area contributed by atoms with Crippen molar-refractivity contribution >= 4 is 34.4 Å². The maximum Gasteiger partial charge on any atom is 0.227 e. The minimum atomic E-state index is 0.0764. The maximum absolute atomic E-state index is 12.6. The topological polar surface area (TPSA) is 61.0 Å². The molecule has 5 nitrogen and oxygen atoms in total. The van der Waals surface area contributed by atoms with Gasteiger partial charge in [-0.05, 0) is 75.0 Å². The second-order valence-electron chi connectivity index (χ2n) is 7.48. The van der Waals surface area contributed by atoms with Crippen molar-refractivity contribution in [2.45, 2.75) is 31.2 Å². The number of piperidine rings is 1. The van der Waals surface area contributed by atoms with Gasteiger partial charge in [0.25, 0.3) is 0 Å². The van der Waals surface area contributed by atoms with Crippen LogP contribution in [0.5, 0.6) is 0 Å². The number of hydrogen-bond acceptors (Lipinski definition) is 4. The fraction of sp³-hybridized carbons (Fsp3) is 0.364. The Morgan fingerprint density at radius 2 is 2.07 bits per heavy atom. The predicted molar refractivity (Wildman–Crippen MR) is 116 cm³/mol. The Bertz CT molecular complexity index is 976. The molecule has 0 saturated carbocycles. The zero-order valence-electron chi connectivity index (χ0n) is 16.4. The fourth-order valence-electron chi connectivity index (χ4n) is 3.76. The molecule has 2 heterocycles.